The summed E-state index contributed by atoms with van der Waals surface area (Å²) in [6, 6.07) is 14.4. The molecule has 0 unspecified atom stereocenters. The van der Waals surface area contributed by atoms with E-state index >= 15 is 0 Å². The minimum atomic E-state index is -0.185. The quantitative estimate of drug-likeness (QED) is 0.551. The van der Waals surface area contributed by atoms with E-state index in [2.05, 4.69) is 4.98 Å². The Morgan fingerprint density at radius 3 is 2.62 bits per heavy atom. The molecule has 0 aliphatic heterocycles. The van der Waals surface area contributed by atoms with Crippen LogP contribution in [0.3, 0.4) is 0 Å². The molecule has 5 heteroatoms. The molecule has 21 heavy (non-hydrogen) atoms. The molecule has 0 aliphatic rings. The van der Waals surface area contributed by atoms with Gasteiger partial charge in [0.2, 0.25) is 0 Å². The van der Waals surface area contributed by atoms with Gasteiger partial charge in [-0.05, 0) is 24.3 Å². The van der Waals surface area contributed by atoms with Crippen LogP contribution in [0.5, 0.6) is 0 Å². The Morgan fingerprint density at radius 2 is 1.86 bits per heavy atom. The van der Waals surface area contributed by atoms with Crippen molar-refractivity contribution in [1.82, 2.24) is 4.98 Å². The standard InChI is InChI=1S/C16H11ClFNS2/c17-12-7-5-11(6-8-12)16-19-13(10-21-16)9-20-15-4-2-1-3-14(15)18/h1-8,10H,9H2. The summed E-state index contributed by atoms with van der Waals surface area (Å²) in [5.41, 5.74) is 2.00. The molecule has 0 saturated carbocycles. The SMILES string of the molecule is Fc1ccccc1SCc1csc(-c2ccc(Cl)cc2)n1. The number of hydrogen-bond donors (Lipinski definition) is 0. The van der Waals surface area contributed by atoms with Crippen LogP contribution in [0.2, 0.25) is 5.02 Å². The van der Waals surface area contributed by atoms with Gasteiger partial charge < -0.3 is 0 Å². The number of aromatic nitrogens is 1. The summed E-state index contributed by atoms with van der Waals surface area (Å²) in [4.78, 5) is 5.24. The van der Waals surface area contributed by atoms with Crippen LogP contribution < -0.4 is 0 Å². The average molecular weight is 336 g/mol. The first-order chi connectivity index (χ1) is 10.2. The Labute approximate surface area is 135 Å². The fraction of sp³-hybridized carbons (Fsp3) is 0.0625. The van der Waals surface area contributed by atoms with E-state index in [1.165, 1.54) is 17.8 Å². The van der Waals surface area contributed by atoms with Crippen LogP contribution in [-0.4, -0.2) is 4.98 Å². The van der Waals surface area contributed by atoms with Crippen molar-refractivity contribution in [2.24, 2.45) is 0 Å². The first kappa shape index (κ1) is 14.6. The second-order valence-electron chi connectivity index (χ2n) is 4.37. The van der Waals surface area contributed by atoms with Crippen molar-refractivity contribution in [3.05, 3.63) is 70.4 Å². The summed E-state index contributed by atoms with van der Waals surface area (Å²) < 4.78 is 13.5. The number of nitrogens with zero attached hydrogens (tertiary/aromatic N) is 1. The van der Waals surface area contributed by atoms with Crippen LogP contribution in [0.4, 0.5) is 4.39 Å². The summed E-state index contributed by atoms with van der Waals surface area (Å²) in [7, 11) is 0. The van der Waals surface area contributed by atoms with Crippen molar-refractivity contribution in [1.29, 1.82) is 0 Å². The number of benzene rings is 2. The lowest BCUT2D eigenvalue weighted by atomic mass is 10.2. The van der Waals surface area contributed by atoms with Crippen LogP contribution >= 0.6 is 34.7 Å². The van der Waals surface area contributed by atoms with Crippen LogP contribution in [-0.2, 0) is 5.75 Å². The minimum Gasteiger partial charge on any atom is -0.240 e. The molecular formula is C16H11ClFNS2. The summed E-state index contributed by atoms with van der Waals surface area (Å²) in [6.45, 7) is 0. The van der Waals surface area contributed by atoms with E-state index in [0.717, 1.165) is 16.3 Å². The number of rotatable bonds is 4. The molecule has 0 N–H and O–H groups in total. The maximum Gasteiger partial charge on any atom is 0.136 e. The topological polar surface area (TPSA) is 12.9 Å². The summed E-state index contributed by atoms with van der Waals surface area (Å²) >= 11 is 8.93. The molecular weight excluding hydrogens is 325 g/mol. The largest absolute Gasteiger partial charge is 0.240 e. The van der Waals surface area contributed by atoms with Crippen LogP contribution in [0.15, 0.2) is 58.8 Å². The molecule has 0 radical (unpaired) electrons. The van der Waals surface area contributed by atoms with E-state index in [0.29, 0.717) is 15.7 Å². The highest BCUT2D eigenvalue weighted by atomic mass is 35.5. The monoisotopic (exact) mass is 335 g/mol. The molecule has 0 fully saturated rings. The van der Waals surface area contributed by atoms with E-state index in [-0.39, 0.29) is 5.82 Å². The van der Waals surface area contributed by atoms with Crippen molar-refractivity contribution >= 4 is 34.7 Å². The zero-order valence-electron chi connectivity index (χ0n) is 10.9. The van der Waals surface area contributed by atoms with E-state index in [1.807, 2.05) is 35.7 Å². The molecule has 0 amide bonds. The van der Waals surface area contributed by atoms with Gasteiger partial charge in [0.05, 0.1) is 5.69 Å². The molecule has 2 aromatic carbocycles. The van der Waals surface area contributed by atoms with Gasteiger partial charge in [-0.15, -0.1) is 23.1 Å². The van der Waals surface area contributed by atoms with Gasteiger partial charge in [-0.2, -0.15) is 0 Å². The maximum absolute atomic E-state index is 13.5. The Morgan fingerprint density at radius 1 is 1.10 bits per heavy atom. The smallest absolute Gasteiger partial charge is 0.136 e. The molecule has 3 rings (SSSR count). The Balaban J connectivity index is 1.71. The predicted molar refractivity (Wildman–Crippen MR) is 88.5 cm³/mol. The first-order valence-electron chi connectivity index (χ1n) is 6.30. The van der Waals surface area contributed by atoms with Crippen molar-refractivity contribution in [2.45, 2.75) is 10.6 Å². The highest BCUT2D eigenvalue weighted by molar-refractivity contribution is 7.98. The minimum absolute atomic E-state index is 0.185. The van der Waals surface area contributed by atoms with Crippen molar-refractivity contribution in [3.63, 3.8) is 0 Å². The Hall–Kier alpha value is -1.36. The van der Waals surface area contributed by atoms with Gasteiger partial charge in [-0.3, -0.25) is 0 Å². The number of halogens is 2. The van der Waals surface area contributed by atoms with Crippen molar-refractivity contribution in [3.8, 4) is 10.6 Å². The molecule has 1 nitrogen and oxygen atoms in total. The fourth-order valence-electron chi connectivity index (χ4n) is 1.81. The fourth-order valence-corrected chi connectivity index (χ4v) is 3.70. The lowest BCUT2D eigenvalue weighted by molar-refractivity contribution is 0.602. The van der Waals surface area contributed by atoms with Crippen LogP contribution in [0.25, 0.3) is 10.6 Å². The molecule has 0 aliphatic carbocycles. The second kappa shape index (κ2) is 6.60. The number of thiazole rings is 1. The molecule has 1 heterocycles. The van der Waals surface area contributed by atoms with Crippen molar-refractivity contribution < 1.29 is 4.39 Å². The van der Waals surface area contributed by atoms with Gasteiger partial charge in [0, 0.05) is 26.6 Å². The van der Waals surface area contributed by atoms with Gasteiger partial charge in [-0.1, -0.05) is 35.9 Å². The first-order valence-corrected chi connectivity index (χ1v) is 8.54. The van der Waals surface area contributed by atoms with Gasteiger partial charge in [0.15, 0.2) is 0 Å². The molecule has 0 saturated heterocycles. The summed E-state index contributed by atoms with van der Waals surface area (Å²) in [5, 5.41) is 3.68. The Kier molecular flexibility index (Phi) is 4.58. The molecule has 0 spiro atoms. The third-order valence-electron chi connectivity index (χ3n) is 2.86. The molecule has 106 valence electrons. The lowest BCUT2D eigenvalue weighted by Crippen LogP contribution is -1.84. The van der Waals surface area contributed by atoms with Gasteiger partial charge >= 0.3 is 0 Å². The number of hydrogen-bond acceptors (Lipinski definition) is 3. The molecule has 0 atom stereocenters. The second-order valence-corrected chi connectivity index (χ2v) is 6.68. The molecule has 1 aromatic heterocycles. The van der Waals surface area contributed by atoms with E-state index in [4.69, 9.17) is 11.6 Å². The van der Waals surface area contributed by atoms with Gasteiger partial charge in [0.25, 0.3) is 0 Å². The van der Waals surface area contributed by atoms with E-state index < -0.39 is 0 Å². The predicted octanol–water partition coefficient (Wildman–Crippen LogP) is 5.89. The van der Waals surface area contributed by atoms with Gasteiger partial charge in [0.1, 0.15) is 10.8 Å². The lowest BCUT2D eigenvalue weighted by Gasteiger charge is -2.00. The summed E-state index contributed by atoms with van der Waals surface area (Å²) in [5.74, 6) is 0.473. The highest BCUT2D eigenvalue weighted by Gasteiger charge is 2.07. The maximum atomic E-state index is 13.5. The van der Waals surface area contributed by atoms with E-state index in [9.17, 15) is 4.39 Å². The van der Waals surface area contributed by atoms with Gasteiger partial charge in [-0.25, -0.2) is 9.37 Å². The van der Waals surface area contributed by atoms with Crippen molar-refractivity contribution in [2.75, 3.05) is 0 Å². The zero-order valence-corrected chi connectivity index (χ0v) is 13.3. The highest BCUT2D eigenvalue weighted by Crippen LogP contribution is 2.29. The normalized spacial score (nSPS) is 10.8. The summed E-state index contributed by atoms with van der Waals surface area (Å²) in [6.07, 6.45) is 0. The van der Waals surface area contributed by atoms with Crippen LogP contribution in [0, 0.1) is 5.82 Å². The number of thioether (sulfide) groups is 1. The van der Waals surface area contributed by atoms with Crippen LogP contribution in [0.1, 0.15) is 5.69 Å². The average Bonchev–Trinajstić information content (AvgIpc) is 2.96. The zero-order chi connectivity index (χ0) is 14.7. The third-order valence-corrected chi connectivity index (χ3v) is 5.13. The third kappa shape index (κ3) is 3.64. The molecule has 0 bridgehead atoms. The molecule has 3 aromatic rings. The van der Waals surface area contributed by atoms with E-state index in [1.54, 1.807) is 23.5 Å². The Bertz CT molecular complexity index is 740.